The van der Waals surface area contributed by atoms with E-state index in [1.54, 1.807) is 4.68 Å². The third-order valence-corrected chi connectivity index (χ3v) is 5.73. The molecule has 0 spiro atoms. The molecule has 4 aromatic carbocycles. The van der Waals surface area contributed by atoms with Crippen LogP contribution in [0.3, 0.4) is 0 Å². The topological polar surface area (TPSA) is 59.8 Å². The number of anilines is 1. The molecule has 0 aliphatic rings. The SMILES string of the molecule is Cc1ccc(-c2nc(C(=O)Nc3ccc4ccccc4c3)nn2-c2ccc(Br)cc2)cc1. The summed E-state index contributed by atoms with van der Waals surface area (Å²) < 4.78 is 2.67. The summed E-state index contributed by atoms with van der Waals surface area (Å²) in [4.78, 5) is 17.6. The zero-order valence-electron chi connectivity index (χ0n) is 17.3. The van der Waals surface area contributed by atoms with E-state index in [-0.39, 0.29) is 11.7 Å². The summed E-state index contributed by atoms with van der Waals surface area (Å²) in [5, 5.41) is 9.64. The number of hydrogen-bond donors (Lipinski definition) is 1. The fourth-order valence-electron chi connectivity index (χ4n) is 3.51. The molecule has 5 aromatic rings. The van der Waals surface area contributed by atoms with Gasteiger partial charge in [-0.05, 0) is 54.1 Å². The molecule has 0 radical (unpaired) electrons. The number of nitrogens with zero attached hydrogens (tertiary/aromatic N) is 3. The lowest BCUT2D eigenvalue weighted by molar-refractivity contribution is 0.101. The van der Waals surface area contributed by atoms with E-state index in [0.29, 0.717) is 11.5 Å². The van der Waals surface area contributed by atoms with Gasteiger partial charge >= 0.3 is 0 Å². The Morgan fingerprint density at radius 2 is 1.59 bits per heavy atom. The smallest absolute Gasteiger partial charge is 0.295 e. The second-order valence-corrected chi connectivity index (χ2v) is 8.44. The van der Waals surface area contributed by atoms with Gasteiger partial charge in [0.1, 0.15) is 0 Å². The van der Waals surface area contributed by atoms with E-state index in [4.69, 9.17) is 0 Å². The Balaban J connectivity index is 1.52. The maximum absolute atomic E-state index is 13.0. The number of carbonyl (C=O) groups excluding carboxylic acids is 1. The summed E-state index contributed by atoms with van der Waals surface area (Å²) in [6.45, 7) is 2.03. The number of carbonyl (C=O) groups is 1. The Morgan fingerprint density at radius 1 is 0.875 bits per heavy atom. The third kappa shape index (κ3) is 4.05. The number of aryl methyl sites for hydroxylation is 1. The number of amides is 1. The van der Waals surface area contributed by atoms with Crippen LogP contribution in [0.15, 0.2) is 95.5 Å². The molecule has 0 saturated heterocycles. The van der Waals surface area contributed by atoms with Crippen molar-refractivity contribution in [3.05, 3.63) is 107 Å². The van der Waals surface area contributed by atoms with E-state index in [1.165, 1.54) is 0 Å². The van der Waals surface area contributed by atoms with Crippen molar-refractivity contribution in [2.75, 3.05) is 5.32 Å². The summed E-state index contributed by atoms with van der Waals surface area (Å²) in [7, 11) is 0. The van der Waals surface area contributed by atoms with E-state index >= 15 is 0 Å². The fourth-order valence-corrected chi connectivity index (χ4v) is 3.78. The number of aromatic nitrogens is 3. The molecule has 0 saturated carbocycles. The largest absolute Gasteiger partial charge is 0.319 e. The standard InChI is InChI=1S/C26H19BrN4O/c1-17-6-8-19(9-7-17)25-29-24(30-31(25)23-14-11-21(27)12-15-23)26(32)28-22-13-10-18-4-2-3-5-20(18)16-22/h2-16H,1H3,(H,28,32). The van der Waals surface area contributed by atoms with Crippen LogP contribution >= 0.6 is 15.9 Å². The first-order valence-electron chi connectivity index (χ1n) is 10.2. The molecule has 1 aromatic heterocycles. The van der Waals surface area contributed by atoms with E-state index in [9.17, 15) is 4.79 Å². The summed E-state index contributed by atoms with van der Waals surface area (Å²) in [6.07, 6.45) is 0. The Labute approximate surface area is 193 Å². The van der Waals surface area contributed by atoms with Crippen LogP contribution in [-0.4, -0.2) is 20.7 Å². The summed E-state index contributed by atoms with van der Waals surface area (Å²) >= 11 is 3.46. The molecule has 5 rings (SSSR count). The highest BCUT2D eigenvalue weighted by Crippen LogP contribution is 2.24. The first kappa shape index (κ1) is 20.2. The van der Waals surface area contributed by atoms with E-state index in [0.717, 1.165) is 32.1 Å². The Kier molecular flexibility index (Phi) is 5.29. The van der Waals surface area contributed by atoms with Gasteiger partial charge in [0, 0.05) is 15.7 Å². The fraction of sp³-hybridized carbons (Fsp3) is 0.0385. The maximum Gasteiger partial charge on any atom is 0.295 e. The van der Waals surface area contributed by atoms with Crippen LogP contribution < -0.4 is 5.32 Å². The number of nitrogens with one attached hydrogen (secondary N) is 1. The molecule has 0 unspecified atom stereocenters. The second-order valence-electron chi connectivity index (χ2n) is 7.53. The van der Waals surface area contributed by atoms with Crippen molar-refractivity contribution in [3.63, 3.8) is 0 Å². The van der Waals surface area contributed by atoms with Crippen molar-refractivity contribution in [2.45, 2.75) is 6.92 Å². The van der Waals surface area contributed by atoms with Gasteiger partial charge in [0.05, 0.1) is 5.69 Å². The van der Waals surface area contributed by atoms with Gasteiger partial charge in [-0.25, -0.2) is 9.67 Å². The van der Waals surface area contributed by atoms with E-state index in [2.05, 4.69) is 31.3 Å². The minimum atomic E-state index is -0.357. The molecule has 6 heteroatoms. The van der Waals surface area contributed by atoms with Crippen molar-refractivity contribution in [1.82, 2.24) is 14.8 Å². The lowest BCUT2D eigenvalue weighted by Gasteiger charge is -2.06. The van der Waals surface area contributed by atoms with Gasteiger partial charge in [-0.3, -0.25) is 4.79 Å². The van der Waals surface area contributed by atoms with Gasteiger partial charge < -0.3 is 5.32 Å². The lowest BCUT2D eigenvalue weighted by atomic mass is 10.1. The van der Waals surface area contributed by atoms with Crippen LogP contribution in [0.4, 0.5) is 5.69 Å². The molecular weight excluding hydrogens is 464 g/mol. The molecule has 1 N–H and O–H groups in total. The molecule has 1 amide bonds. The molecule has 5 nitrogen and oxygen atoms in total. The number of benzene rings is 4. The molecule has 0 fully saturated rings. The summed E-state index contributed by atoms with van der Waals surface area (Å²) in [5.41, 5.74) is 3.56. The van der Waals surface area contributed by atoms with Crippen LogP contribution in [0.5, 0.6) is 0 Å². The molecule has 156 valence electrons. The Bertz CT molecular complexity index is 1360. The normalized spacial score (nSPS) is 10.9. The highest BCUT2D eigenvalue weighted by molar-refractivity contribution is 9.10. The van der Waals surface area contributed by atoms with Crippen LogP contribution in [0.2, 0.25) is 0 Å². The second kappa shape index (κ2) is 8.40. The van der Waals surface area contributed by atoms with E-state index < -0.39 is 0 Å². The van der Waals surface area contributed by atoms with Gasteiger partial charge in [-0.1, -0.05) is 76.1 Å². The minimum Gasteiger partial charge on any atom is -0.319 e. The van der Waals surface area contributed by atoms with Crippen molar-refractivity contribution < 1.29 is 4.79 Å². The molecular formula is C26H19BrN4O. The Morgan fingerprint density at radius 3 is 2.34 bits per heavy atom. The van der Waals surface area contributed by atoms with Gasteiger partial charge in [0.25, 0.3) is 5.91 Å². The monoisotopic (exact) mass is 482 g/mol. The predicted octanol–water partition coefficient (Wildman–Crippen LogP) is 6.41. The van der Waals surface area contributed by atoms with Crippen molar-refractivity contribution in [3.8, 4) is 17.1 Å². The van der Waals surface area contributed by atoms with Gasteiger partial charge in [-0.15, -0.1) is 5.10 Å². The highest BCUT2D eigenvalue weighted by atomic mass is 79.9. The predicted molar refractivity (Wildman–Crippen MR) is 131 cm³/mol. The van der Waals surface area contributed by atoms with Gasteiger partial charge in [0.15, 0.2) is 5.82 Å². The van der Waals surface area contributed by atoms with Crippen LogP contribution in [0.25, 0.3) is 27.8 Å². The number of fused-ring (bicyclic) bond motifs is 1. The first-order valence-corrected chi connectivity index (χ1v) is 11.0. The maximum atomic E-state index is 13.0. The summed E-state index contributed by atoms with van der Waals surface area (Å²) in [5.74, 6) is 0.358. The number of halogens is 1. The highest BCUT2D eigenvalue weighted by Gasteiger charge is 2.19. The average molecular weight is 483 g/mol. The number of hydrogen-bond acceptors (Lipinski definition) is 3. The quantitative estimate of drug-likeness (QED) is 0.321. The molecule has 0 bridgehead atoms. The zero-order valence-corrected chi connectivity index (χ0v) is 18.9. The lowest BCUT2D eigenvalue weighted by Crippen LogP contribution is -2.14. The van der Waals surface area contributed by atoms with Gasteiger partial charge in [-0.2, -0.15) is 0 Å². The van der Waals surface area contributed by atoms with Crippen molar-refractivity contribution in [1.29, 1.82) is 0 Å². The first-order chi connectivity index (χ1) is 15.6. The van der Waals surface area contributed by atoms with Crippen LogP contribution in [-0.2, 0) is 0 Å². The molecule has 0 atom stereocenters. The molecule has 32 heavy (non-hydrogen) atoms. The summed E-state index contributed by atoms with van der Waals surface area (Å²) in [6, 6.07) is 29.6. The van der Waals surface area contributed by atoms with E-state index in [1.807, 2.05) is 97.9 Å². The molecule has 1 heterocycles. The van der Waals surface area contributed by atoms with Crippen LogP contribution in [0.1, 0.15) is 16.2 Å². The average Bonchev–Trinajstić information content (AvgIpc) is 3.26. The molecule has 0 aliphatic carbocycles. The zero-order chi connectivity index (χ0) is 22.1. The van der Waals surface area contributed by atoms with Crippen molar-refractivity contribution >= 4 is 38.3 Å². The minimum absolute atomic E-state index is 0.108. The number of rotatable bonds is 4. The van der Waals surface area contributed by atoms with Crippen LogP contribution in [0, 0.1) is 6.92 Å². The third-order valence-electron chi connectivity index (χ3n) is 5.20. The van der Waals surface area contributed by atoms with Gasteiger partial charge in [0.2, 0.25) is 5.82 Å². The molecule has 0 aliphatic heterocycles. The Hall–Kier alpha value is -3.77. The van der Waals surface area contributed by atoms with Crippen molar-refractivity contribution in [2.24, 2.45) is 0 Å².